The van der Waals surface area contributed by atoms with Gasteiger partial charge in [-0.05, 0) is 24.3 Å². The zero-order chi connectivity index (χ0) is 14.1. The van der Waals surface area contributed by atoms with Crippen molar-refractivity contribution in [3.8, 4) is 5.69 Å². The number of imidazole rings is 1. The van der Waals surface area contributed by atoms with Gasteiger partial charge in [0.15, 0.2) is 5.65 Å². The van der Waals surface area contributed by atoms with Gasteiger partial charge in [-0.25, -0.2) is 9.97 Å². The van der Waals surface area contributed by atoms with Crippen LogP contribution in [-0.2, 0) is 6.42 Å². The summed E-state index contributed by atoms with van der Waals surface area (Å²) in [6.45, 7) is 0. The second-order valence-corrected chi connectivity index (χ2v) is 5.41. The second-order valence-electron chi connectivity index (χ2n) is 4.22. The lowest BCUT2D eigenvalue weighted by Gasteiger charge is -2.11. The van der Waals surface area contributed by atoms with Crippen molar-refractivity contribution < 1.29 is 0 Å². The third-order valence-corrected chi connectivity index (χ3v) is 3.76. The largest absolute Gasteiger partial charge is 0.278 e. The molecule has 0 fully saturated rings. The highest BCUT2D eigenvalue weighted by molar-refractivity contribution is 6.37. The molecule has 0 atom stereocenters. The minimum Gasteiger partial charge on any atom is -0.278 e. The van der Waals surface area contributed by atoms with E-state index in [0.29, 0.717) is 28.0 Å². The molecular weight excluding hydrogens is 317 g/mol. The highest BCUT2D eigenvalue weighted by Gasteiger charge is 2.17. The summed E-state index contributed by atoms with van der Waals surface area (Å²) in [6, 6.07) is 9.14. The van der Waals surface area contributed by atoms with Crippen molar-refractivity contribution in [2.75, 3.05) is 5.88 Å². The summed E-state index contributed by atoms with van der Waals surface area (Å²) in [6.07, 6.45) is 2.33. The van der Waals surface area contributed by atoms with Crippen LogP contribution in [0.25, 0.3) is 16.9 Å². The Hall–Kier alpha value is -1.29. The zero-order valence-electron chi connectivity index (χ0n) is 10.4. The highest BCUT2D eigenvalue weighted by Crippen LogP contribution is 2.32. The molecule has 0 aliphatic carbocycles. The van der Waals surface area contributed by atoms with Crippen LogP contribution in [0.1, 0.15) is 5.82 Å². The Morgan fingerprint density at radius 2 is 1.80 bits per heavy atom. The molecule has 6 heteroatoms. The van der Waals surface area contributed by atoms with Gasteiger partial charge in [0.25, 0.3) is 0 Å². The van der Waals surface area contributed by atoms with Crippen molar-refractivity contribution in [2.45, 2.75) is 6.42 Å². The summed E-state index contributed by atoms with van der Waals surface area (Å²) >= 11 is 18.5. The topological polar surface area (TPSA) is 30.7 Å². The number of aromatic nitrogens is 3. The number of fused-ring (bicyclic) bond motifs is 1. The van der Waals surface area contributed by atoms with Crippen molar-refractivity contribution in [1.29, 1.82) is 0 Å². The van der Waals surface area contributed by atoms with Gasteiger partial charge in [0.2, 0.25) is 0 Å². The molecular formula is C14H10Cl3N3. The number of alkyl halides is 1. The third kappa shape index (κ3) is 2.26. The maximum atomic E-state index is 6.30. The average molecular weight is 327 g/mol. The average Bonchev–Trinajstić information content (AvgIpc) is 2.78. The molecule has 0 spiro atoms. The fourth-order valence-electron chi connectivity index (χ4n) is 2.15. The molecule has 20 heavy (non-hydrogen) atoms. The van der Waals surface area contributed by atoms with Crippen molar-refractivity contribution >= 4 is 46.0 Å². The van der Waals surface area contributed by atoms with Crippen LogP contribution in [0.4, 0.5) is 0 Å². The molecule has 0 N–H and O–H groups in total. The molecule has 3 aromatic rings. The van der Waals surface area contributed by atoms with Crippen molar-refractivity contribution in [2.24, 2.45) is 0 Å². The summed E-state index contributed by atoms with van der Waals surface area (Å²) in [5, 5.41) is 1.11. The van der Waals surface area contributed by atoms with Crippen LogP contribution >= 0.6 is 34.8 Å². The summed E-state index contributed by atoms with van der Waals surface area (Å²) in [7, 11) is 0. The first-order valence-corrected chi connectivity index (χ1v) is 7.34. The Morgan fingerprint density at radius 3 is 2.50 bits per heavy atom. The predicted molar refractivity (Wildman–Crippen MR) is 83.3 cm³/mol. The Labute approximate surface area is 131 Å². The number of halogens is 3. The molecule has 102 valence electrons. The van der Waals surface area contributed by atoms with Crippen LogP contribution in [0.5, 0.6) is 0 Å². The van der Waals surface area contributed by atoms with Crippen LogP contribution in [0.3, 0.4) is 0 Å². The summed E-state index contributed by atoms with van der Waals surface area (Å²) in [4.78, 5) is 8.94. The molecule has 0 aliphatic heterocycles. The third-order valence-electron chi connectivity index (χ3n) is 2.96. The quantitative estimate of drug-likeness (QED) is 0.663. The van der Waals surface area contributed by atoms with Crippen molar-refractivity contribution in [1.82, 2.24) is 14.5 Å². The molecule has 0 saturated heterocycles. The lowest BCUT2D eigenvalue weighted by Crippen LogP contribution is -2.04. The molecule has 2 aromatic heterocycles. The van der Waals surface area contributed by atoms with E-state index in [2.05, 4.69) is 9.97 Å². The van der Waals surface area contributed by atoms with Crippen LogP contribution in [0.15, 0.2) is 36.5 Å². The lowest BCUT2D eigenvalue weighted by atomic mass is 10.3. The van der Waals surface area contributed by atoms with E-state index >= 15 is 0 Å². The molecule has 0 saturated carbocycles. The van der Waals surface area contributed by atoms with Gasteiger partial charge >= 0.3 is 0 Å². The molecule has 0 aliphatic rings. The minimum absolute atomic E-state index is 0.464. The molecule has 0 amide bonds. The Balaban J connectivity index is 2.36. The van der Waals surface area contributed by atoms with Gasteiger partial charge in [-0.3, -0.25) is 4.57 Å². The number of benzene rings is 1. The van der Waals surface area contributed by atoms with Crippen molar-refractivity contribution in [3.63, 3.8) is 0 Å². The van der Waals surface area contributed by atoms with Gasteiger partial charge in [0.05, 0.1) is 15.7 Å². The first-order chi connectivity index (χ1) is 9.72. The molecule has 3 rings (SSSR count). The fraction of sp³-hybridized carbons (Fsp3) is 0.143. The number of aryl methyl sites for hydroxylation is 1. The normalized spacial score (nSPS) is 11.2. The number of rotatable bonds is 3. The van der Waals surface area contributed by atoms with Gasteiger partial charge in [0, 0.05) is 18.5 Å². The monoisotopic (exact) mass is 325 g/mol. The minimum atomic E-state index is 0.464. The molecule has 0 bridgehead atoms. The van der Waals surface area contributed by atoms with Crippen LogP contribution < -0.4 is 0 Å². The van der Waals surface area contributed by atoms with Gasteiger partial charge in [0.1, 0.15) is 11.3 Å². The van der Waals surface area contributed by atoms with Gasteiger partial charge in [-0.1, -0.05) is 29.3 Å². The van der Waals surface area contributed by atoms with Gasteiger partial charge in [-0.2, -0.15) is 0 Å². The van der Waals surface area contributed by atoms with E-state index in [4.69, 9.17) is 34.8 Å². The number of hydrogen-bond acceptors (Lipinski definition) is 2. The maximum Gasteiger partial charge on any atom is 0.164 e. The number of pyridine rings is 1. The second kappa shape index (κ2) is 5.60. The fourth-order valence-corrected chi connectivity index (χ4v) is 2.88. The molecule has 3 nitrogen and oxygen atoms in total. The predicted octanol–water partition coefficient (Wildman–Crippen LogP) is 4.51. The van der Waals surface area contributed by atoms with E-state index < -0.39 is 0 Å². The van der Waals surface area contributed by atoms with E-state index in [0.717, 1.165) is 17.0 Å². The zero-order valence-corrected chi connectivity index (χ0v) is 12.6. The van der Waals surface area contributed by atoms with Crippen LogP contribution in [-0.4, -0.2) is 20.4 Å². The molecule has 0 unspecified atom stereocenters. The van der Waals surface area contributed by atoms with E-state index in [9.17, 15) is 0 Å². The standard InChI is InChI=1S/C14H10Cl3N3/c15-7-6-12-19-11-5-2-8-18-14(11)20(12)13-9(16)3-1-4-10(13)17/h1-5,8H,6-7H2. The Bertz CT molecular complexity index is 747. The molecule has 0 radical (unpaired) electrons. The smallest absolute Gasteiger partial charge is 0.164 e. The number of para-hydroxylation sites is 1. The molecule has 2 heterocycles. The number of nitrogens with zero attached hydrogens (tertiary/aromatic N) is 3. The maximum absolute atomic E-state index is 6.30. The first-order valence-electron chi connectivity index (χ1n) is 6.05. The SMILES string of the molecule is ClCCc1nc2cccnc2n1-c1c(Cl)cccc1Cl. The van der Waals surface area contributed by atoms with E-state index in [-0.39, 0.29) is 0 Å². The summed E-state index contributed by atoms with van der Waals surface area (Å²) < 4.78 is 1.88. The Morgan fingerprint density at radius 1 is 1.05 bits per heavy atom. The molecule has 1 aromatic carbocycles. The van der Waals surface area contributed by atoms with E-state index in [1.165, 1.54) is 0 Å². The highest BCUT2D eigenvalue weighted by atomic mass is 35.5. The van der Waals surface area contributed by atoms with Crippen LogP contribution in [0, 0.1) is 0 Å². The lowest BCUT2D eigenvalue weighted by molar-refractivity contribution is 0.905. The first kappa shape index (κ1) is 13.7. The van der Waals surface area contributed by atoms with Gasteiger partial charge < -0.3 is 0 Å². The Kier molecular flexibility index (Phi) is 3.83. The number of hydrogen-bond donors (Lipinski definition) is 0. The van der Waals surface area contributed by atoms with E-state index in [1.807, 2.05) is 22.8 Å². The summed E-state index contributed by atoms with van der Waals surface area (Å²) in [5.41, 5.74) is 2.21. The van der Waals surface area contributed by atoms with Crippen molar-refractivity contribution in [3.05, 3.63) is 52.4 Å². The van der Waals surface area contributed by atoms with E-state index in [1.54, 1.807) is 18.3 Å². The summed E-state index contributed by atoms with van der Waals surface area (Å²) in [5.74, 6) is 1.26. The van der Waals surface area contributed by atoms with Gasteiger partial charge in [-0.15, -0.1) is 11.6 Å². The van der Waals surface area contributed by atoms with Crippen LogP contribution in [0.2, 0.25) is 10.0 Å².